The van der Waals surface area contributed by atoms with Gasteiger partial charge in [-0.2, -0.15) is 9.40 Å². The molecule has 1 N–H and O–H groups in total. The first-order chi connectivity index (χ1) is 8.50. The molecule has 0 aliphatic rings. The van der Waals surface area contributed by atoms with Crippen molar-refractivity contribution in [2.75, 3.05) is 7.05 Å². The van der Waals surface area contributed by atoms with Crippen molar-refractivity contribution in [3.05, 3.63) is 46.7 Å². The Bertz CT molecular complexity index is 608. The number of aromatic amines is 1. The third-order valence-electron chi connectivity index (χ3n) is 2.48. The standard InChI is InChI=1S/C11H12BrN3O2S/c1-15(8-9-6-13-14-7-9)18(16,17)11-4-2-10(12)3-5-11/h2-7H,8H2,1H3,(H,13,14). The molecule has 7 heteroatoms. The molecule has 1 aromatic heterocycles. The van der Waals surface area contributed by atoms with Crippen LogP contribution in [0.2, 0.25) is 0 Å². The molecule has 0 amide bonds. The monoisotopic (exact) mass is 329 g/mol. The van der Waals surface area contributed by atoms with Gasteiger partial charge in [-0.3, -0.25) is 5.10 Å². The maximum absolute atomic E-state index is 12.2. The number of aromatic nitrogens is 2. The quantitative estimate of drug-likeness (QED) is 0.932. The largest absolute Gasteiger partial charge is 0.285 e. The van der Waals surface area contributed by atoms with Crippen LogP contribution >= 0.6 is 15.9 Å². The van der Waals surface area contributed by atoms with Gasteiger partial charge < -0.3 is 0 Å². The van der Waals surface area contributed by atoms with Crippen molar-refractivity contribution < 1.29 is 8.42 Å². The van der Waals surface area contributed by atoms with E-state index in [9.17, 15) is 8.42 Å². The number of nitrogens with zero attached hydrogens (tertiary/aromatic N) is 2. The van der Waals surface area contributed by atoms with Crippen molar-refractivity contribution in [2.24, 2.45) is 0 Å². The van der Waals surface area contributed by atoms with Gasteiger partial charge in [0.2, 0.25) is 10.0 Å². The zero-order chi connectivity index (χ0) is 13.2. The predicted molar refractivity (Wildman–Crippen MR) is 71.4 cm³/mol. The van der Waals surface area contributed by atoms with E-state index in [1.807, 2.05) is 0 Å². The van der Waals surface area contributed by atoms with Crippen LogP contribution in [0.25, 0.3) is 0 Å². The van der Waals surface area contributed by atoms with Gasteiger partial charge in [0.25, 0.3) is 0 Å². The van der Waals surface area contributed by atoms with Crippen LogP contribution in [0.15, 0.2) is 46.0 Å². The van der Waals surface area contributed by atoms with E-state index < -0.39 is 10.0 Å². The Balaban J connectivity index is 2.22. The molecule has 1 aromatic carbocycles. The van der Waals surface area contributed by atoms with Gasteiger partial charge in [-0.25, -0.2) is 8.42 Å². The zero-order valence-corrected chi connectivity index (χ0v) is 12.1. The van der Waals surface area contributed by atoms with Gasteiger partial charge in [0.1, 0.15) is 0 Å². The van der Waals surface area contributed by atoms with Crippen LogP contribution in [0.4, 0.5) is 0 Å². The Hall–Kier alpha value is -1.18. The fraction of sp³-hybridized carbons (Fsp3) is 0.182. The number of benzene rings is 1. The number of halogens is 1. The van der Waals surface area contributed by atoms with Crippen molar-refractivity contribution in [2.45, 2.75) is 11.4 Å². The zero-order valence-electron chi connectivity index (χ0n) is 9.67. The molecule has 2 aromatic rings. The minimum Gasteiger partial charge on any atom is -0.285 e. The Labute approximate surface area is 114 Å². The van der Waals surface area contributed by atoms with Crippen molar-refractivity contribution in [3.8, 4) is 0 Å². The molecule has 1 heterocycles. The van der Waals surface area contributed by atoms with E-state index in [0.29, 0.717) is 0 Å². The van der Waals surface area contributed by atoms with Gasteiger partial charge in [-0.15, -0.1) is 0 Å². The summed E-state index contributed by atoms with van der Waals surface area (Å²) in [6, 6.07) is 6.56. The highest BCUT2D eigenvalue weighted by Crippen LogP contribution is 2.19. The van der Waals surface area contributed by atoms with Gasteiger partial charge in [0, 0.05) is 29.8 Å². The van der Waals surface area contributed by atoms with Gasteiger partial charge >= 0.3 is 0 Å². The first-order valence-corrected chi connectivity index (χ1v) is 7.43. The minimum absolute atomic E-state index is 0.275. The highest BCUT2D eigenvalue weighted by Gasteiger charge is 2.20. The molecule has 18 heavy (non-hydrogen) atoms. The molecule has 0 spiro atoms. The predicted octanol–water partition coefficient (Wildman–Crippen LogP) is 1.99. The lowest BCUT2D eigenvalue weighted by Crippen LogP contribution is -2.26. The molecule has 2 rings (SSSR count). The van der Waals surface area contributed by atoms with E-state index in [-0.39, 0.29) is 11.4 Å². The number of H-pyrrole nitrogens is 1. The molecule has 0 aliphatic carbocycles. The number of hydrogen-bond acceptors (Lipinski definition) is 3. The second kappa shape index (κ2) is 5.21. The summed E-state index contributed by atoms with van der Waals surface area (Å²) in [4.78, 5) is 0.275. The maximum atomic E-state index is 12.2. The fourth-order valence-corrected chi connectivity index (χ4v) is 2.92. The summed E-state index contributed by atoms with van der Waals surface area (Å²) in [5, 5.41) is 6.45. The number of rotatable bonds is 4. The third-order valence-corrected chi connectivity index (χ3v) is 4.83. The number of sulfonamides is 1. The lowest BCUT2D eigenvalue weighted by atomic mass is 10.4. The first-order valence-electron chi connectivity index (χ1n) is 5.20. The average Bonchev–Trinajstić information content (AvgIpc) is 2.82. The summed E-state index contributed by atoms with van der Waals surface area (Å²) in [6.07, 6.45) is 3.28. The molecule has 0 fully saturated rings. The summed E-state index contributed by atoms with van der Waals surface area (Å²) >= 11 is 3.28. The summed E-state index contributed by atoms with van der Waals surface area (Å²) in [6.45, 7) is 0.287. The van der Waals surface area contributed by atoms with Crippen LogP contribution in [0.1, 0.15) is 5.56 Å². The van der Waals surface area contributed by atoms with Gasteiger partial charge in [0.15, 0.2) is 0 Å². The van der Waals surface area contributed by atoms with Crippen molar-refractivity contribution in [3.63, 3.8) is 0 Å². The molecule has 5 nitrogen and oxygen atoms in total. The molecule has 0 saturated carbocycles. The summed E-state index contributed by atoms with van der Waals surface area (Å²) in [7, 11) is -1.91. The topological polar surface area (TPSA) is 66.1 Å². The van der Waals surface area contributed by atoms with Gasteiger partial charge in [-0.1, -0.05) is 15.9 Å². The Morgan fingerprint density at radius 3 is 2.56 bits per heavy atom. The number of hydrogen-bond donors (Lipinski definition) is 1. The van der Waals surface area contributed by atoms with Crippen LogP contribution < -0.4 is 0 Å². The maximum Gasteiger partial charge on any atom is 0.243 e. The Kier molecular flexibility index (Phi) is 3.84. The molecular formula is C11H12BrN3O2S. The van der Waals surface area contributed by atoms with Crippen molar-refractivity contribution in [1.29, 1.82) is 0 Å². The lowest BCUT2D eigenvalue weighted by molar-refractivity contribution is 0.467. The van der Waals surface area contributed by atoms with Gasteiger partial charge in [0.05, 0.1) is 11.1 Å². The van der Waals surface area contributed by atoms with E-state index in [4.69, 9.17) is 0 Å². The second-order valence-corrected chi connectivity index (χ2v) is 6.78. The van der Waals surface area contributed by atoms with Crippen LogP contribution in [0.5, 0.6) is 0 Å². The third kappa shape index (κ3) is 2.80. The molecular weight excluding hydrogens is 318 g/mol. The molecule has 0 atom stereocenters. The van der Waals surface area contributed by atoms with E-state index in [0.717, 1.165) is 10.0 Å². The highest BCUT2D eigenvalue weighted by molar-refractivity contribution is 9.10. The highest BCUT2D eigenvalue weighted by atomic mass is 79.9. The molecule has 96 valence electrons. The van der Waals surface area contributed by atoms with Crippen LogP contribution in [0.3, 0.4) is 0 Å². The van der Waals surface area contributed by atoms with Gasteiger partial charge in [-0.05, 0) is 24.3 Å². The molecule has 0 bridgehead atoms. The fourth-order valence-electron chi connectivity index (χ4n) is 1.49. The first kappa shape index (κ1) is 13.3. The summed E-state index contributed by atoms with van der Waals surface area (Å²) < 4.78 is 26.6. The normalized spacial score (nSPS) is 11.9. The van der Waals surface area contributed by atoms with E-state index in [2.05, 4.69) is 26.1 Å². The molecule has 0 radical (unpaired) electrons. The van der Waals surface area contributed by atoms with Crippen LogP contribution in [-0.4, -0.2) is 30.0 Å². The van der Waals surface area contributed by atoms with Crippen molar-refractivity contribution >= 4 is 26.0 Å². The summed E-state index contributed by atoms with van der Waals surface area (Å²) in [5.41, 5.74) is 0.818. The lowest BCUT2D eigenvalue weighted by Gasteiger charge is -2.16. The van der Waals surface area contributed by atoms with E-state index >= 15 is 0 Å². The van der Waals surface area contributed by atoms with Crippen molar-refractivity contribution in [1.82, 2.24) is 14.5 Å². The summed E-state index contributed by atoms with van der Waals surface area (Å²) in [5.74, 6) is 0. The minimum atomic E-state index is -3.46. The smallest absolute Gasteiger partial charge is 0.243 e. The Morgan fingerprint density at radius 1 is 1.33 bits per heavy atom. The number of nitrogens with one attached hydrogen (secondary N) is 1. The Morgan fingerprint density at radius 2 is 2.00 bits per heavy atom. The second-order valence-electron chi connectivity index (χ2n) is 3.82. The molecule has 0 aliphatic heterocycles. The molecule has 0 unspecified atom stereocenters. The SMILES string of the molecule is CN(Cc1cn[nH]c1)S(=O)(=O)c1ccc(Br)cc1. The average molecular weight is 330 g/mol. The van der Waals surface area contributed by atoms with E-state index in [1.54, 1.807) is 43.7 Å². The molecule has 0 saturated heterocycles. The van der Waals surface area contributed by atoms with Crippen LogP contribution in [-0.2, 0) is 16.6 Å². The van der Waals surface area contributed by atoms with Crippen LogP contribution in [0, 0.1) is 0 Å². The van der Waals surface area contributed by atoms with E-state index in [1.165, 1.54) is 4.31 Å².